The minimum absolute atomic E-state index is 0.333. The highest BCUT2D eigenvalue weighted by Crippen LogP contribution is 2.35. The number of aliphatic carboxylic acids is 1. The van der Waals surface area contributed by atoms with E-state index in [0.29, 0.717) is 6.42 Å². The van der Waals surface area contributed by atoms with Crippen molar-refractivity contribution in [2.75, 3.05) is 24.7 Å². The minimum atomic E-state index is -0.657. The number of ether oxygens (including phenoxy) is 1. The van der Waals surface area contributed by atoms with E-state index in [-0.39, 0.29) is 0 Å². The molecule has 1 saturated heterocycles. The predicted octanol–water partition coefficient (Wildman–Crippen LogP) is 5.38. The smallest absolute Gasteiger partial charge is 0.303 e. The van der Waals surface area contributed by atoms with Crippen LogP contribution in [-0.4, -0.2) is 35.8 Å². The molecule has 24 heavy (non-hydrogen) atoms. The van der Waals surface area contributed by atoms with Crippen LogP contribution in [0, 0.1) is 17.8 Å². The molecular formula is C20H36O3S. The molecule has 1 heterocycles. The van der Waals surface area contributed by atoms with Gasteiger partial charge in [-0.1, -0.05) is 44.9 Å². The van der Waals surface area contributed by atoms with E-state index in [1.807, 2.05) is 0 Å². The molecule has 0 amide bonds. The van der Waals surface area contributed by atoms with Crippen molar-refractivity contribution in [1.82, 2.24) is 0 Å². The Morgan fingerprint density at radius 2 is 1.58 bits per heavy atom. The second-order valence-electron chi connectivity index (χ2n) is 7.74. The first-order valence-corrected chi connectivity index (χ1v) is 11.3. The minimum Gasteiger partial charge on any atom is -0.481 e. The fourth-order valence-electron chi connectivity index (χ4n) is 4.20. The van der Waals surface area contributed by atoms with Crippen molar-refractivity contribution < 1.29 is 14.6 Å². The second kappa shape index (κ2) is 12.2. The first-order chi connectivity index (χ1) is 11.8. The number of hydrogen-bond acceptors (Lipinski definition) is 3. The Balaban J connectivity index is 1.45. The van der Waals surface area contributed by atoms with E-state index in [9.17, 15) is 4.79 Å². The lowest BCUT2D eigenvalue weighted by Gasteiger charge is -2.19. The molecule has 0 spiro atoms. The second-order valence-corrected chi connectivity index (χ2v) is 8.82. The normalized spacial score (nSPS) is 24.7. The molecule has 0 aromatic heterocycles. The highest BCUT2D eigenvalue weighted by Gasteiger charge is 2.26. The molecule has 2 rings (SSSR count). The molecule has 3 nitrogen and oxygen atoms in total. The Bertz CT molecular complexity index is 342. The molecule has 4 heteroatoms. The van der Waals surface area contributed by atoms with Gasteiger partial charge in [0, 0.05) is 19.6 Å². The van der Waals surface area contributed by atoms with E-state index in [2.05, 4.69) is 11.8 Å². The van der Waals surface area contributed by atoms with Crippen LogP contribution in [0.5, 0.6) is 0 Å². The average molecular weight is 357 g/mol. The van der Waals surface area contributed by atoms with E-state index in [0.717, 1.165) is 43.8 Å². The third kappa shape index (κ3) is 8.24. The van der Waals surface area contributed by atoms with Crippen molar-refractivity contribution in [2.24, 2.45) is 17.8 Å². The van der Waals surface area contributed by atoms with Gasteiger partial charge in [-0.15, -0.1) is 0 Å². The zero-order valence-electron chi connectivity index (χ0n) is 15.2. The third-order valence-corrected chi connectivity index (χ3v) is 7.15. The first-order valence-electron chi connectivity index (χ1n) is 10.1. The SMILES string of the molecule is O=C(O)CCCCCCC1CSCC1CCOCCC1CCCC1. The van der Waals surface area contributed by atoms with E-state index in [4.69, 9.17) is 9.84 Å². The van der Waals surface area contributed by atoms with Gasteiger partial charge in [-0.05, 0) is 54.9 Å². The van der Waals surface area contributed by atoms with Crippen LogP contribution in [-0.2, 0) is 9.53 Å². The van der Waals surface area contributed by atoms with Crippen LogP contribution in [0.3, 0.4) is 0 Å². The van der Waals surface area contributed by atoms with Gasteiger partial charge < -0.3 is 9.84 Å². The average Bonchev–Trinajstić information content (AvgIpc) is 3.22. The summed E-state index contributed by atoms with van der Waals surface area (Å²) in [5.41, 5.74) is 0. The van der Waals surface area contributed by atoms with Crippen LogP contribution in [0.4, 0.5) is 0 Å². The van der Waals surface area contributed by atoms with Gasteiger partial charge in [-0.25, -0.2) is 0 Å². The van der Waals surface area contributed by atoms with Gasteiger partial charge in [0.25, 0.3) is 0 Å². The van der Waals surface area contributed by atoms with Crippen molar-refractivity contribution in [2.45, 2.75) is 77.0 Å². The third-order valence-electron chi connectivity index (χ3n) is 5.82. The van der Waals surface area contributed by atoms with Crippen LogP contribution >= 0.6 is 11.8 Å². The first kappa shape index (κ1) is 20.1. The summed E-state index contributed by atoms with van der Waals surface area (Å²) >= 11 is 2.11. The van der Waals surface area contributed by atoms with E-state index >= 15 is 0 Å². The predicted molar refractivity (Wildman–Crippen MR) is 102 cm³/mol. The topological polar surface area (TPSA) is 46.5 Å². The molecule has 2 aliphatic rings. The van der Waals surface area contributed by atoms with Gasteiger partial charge in [0.05, 0.1) is 0 Å². The number of thioether (sulfide) groups is 1. The molecule has 0 aromatic carbocycles. The zero-order chi connectivity index (χ0) is 17.0. The number of carboxylic acids is 1. The van der Waals surface area contributed by atoms with E-state index in [1.54, 1.807) is 0 Å². The monoisotopic (exact) mass is 356 g/mol. The molecule has 2 unspecified atom stereocenters. The molecular weight excluding hydrogens is 320 g/mol. The molecule has 2 fully saturated rings. The molecule has 140 valence electrons. The van der Waals surface area contributed by atoms with Gasteiger partial charge in [-0.3, -0.25) is 4.79 Å². The molecule has 0 radical (unpaired) electrons. The summed E-state index contributed by atoms with van der Waals surface area (Å²) in [6, 6.07) is 0. The van der Waals surface area contributed by atoms with Gasteiger partial charge >= 0.3 is 5.97 Å². The van der Waals surface area contributed by atoms with Gasteiger partial charge in [0.2, 0.25) is 0 Å². The maximum absolute atomic E-state index is 10.5. The summed E-state index contributed by atoms with van der Waals surface area (Å²) in [4.78, 5) is 10.5. The molecule has 1 N–H and O–H groups in total. The fourth-order valence-corrected chi connectivity index (χ4v) is 5.82. The summed E-state index contributed by atoms with van der Waals surface area (Å²) in [7, 11) is 0. The van der Waals surface area contributed by atoms with Gasteiger partial charge in [-0.2, -0.15) is 11.8 Å². The number of hydrogen-bond donors (Lipinski definition) is 1. The maximum atomic E-state index is 10.5. The number of rotatable bonds is 13. The number of carboxylic acid groups (broad SMARTS) is 1. The lowest BCUT2D eigenvalue weighted by molar-refractivity contribution is -0.137. The lowest BCUT2D eigenvalue weighted by Crippen LogP contribution is -2.15. The Hall–Kier alpha value is -0.220. The molecule has 1 aliphatic carbocycles. The molecule has 1 saturated carbocycles. The van der Waals surface area contributed by atoms with Gasteiger partial charge in [0.1, 0.15) is 0 Å². The Kier molecular flexibility index (Phi) is 10.2. The van der Waals surface area contributed by atoms with Crippen LogP contribution in [0.1, 0.15) is 77.0 Å². The molecule has 1 aliphatic heterocycles. The van der Waals surface area contributed by atoms with Crippen molar-refractivity contribution >= 4 is 17.7 Å². The van der Waals surface area contributed by atoms with Crippen LogP contribution in [0.25, 0.3) is 0 Å². The van der Waals surface area contributed by atoms with Crippen molar-refractivity contribution in [3.63, 3.8) is 0 Å². The molecule has 2 atom stereocenters. The highest BCUT2D eigenvalue weighted by atomic mass is 32.2. The molecule has 0 aromatic rings. The Morgan fingerprint density at radius 1 is 0.917 bits per heavy atom. The van der Waals surface area contributed by atoms with Crippen molar-refractivity contribution in [3.8, 4) is 0 Å². The summed E-state index contributed by atoms with van der Waals surface area (Å²) in [5, 5.41) is 8.64. The van der Waals surface area contributed by atoms with Crippen LogP contribution in [0.15, 0.2) is 0 Å². The lowest BCUT2D eigenvalue weighted by atomic mass is 9.88. The summed E-state index contributed by atoms with van der Waals surface area (Å²) < 4.78 is 5.92. The standard InChI is InChI=1S/C20H36O3S/c21-20(22)10-4-2-1-3-9-18-15-24-16-19(18)12-14-23-13-11-17-7-5-6-8-17/h17-19H,1-16H2,(H,21,22). The van der Waals surface area contributed by atoms with E-state index < -0.39 is 5.97 Å². The molecule has 0 bridgehead atoms. The fraction of sp³-hybridized carbons (Fsp3) is 0.950. The number of carbonyl (C=O) groups is 1. The maximum Gasteiger partial charge on any atom is 0.303 e. The quantitative estimate of drug-likeness (QED) is 0.450. The highest BCUT2D eigenvalue weighted by molar-refractivity contribution is 7.99. The summed E-state index contributed by atoms with van der Waals surface area (Å²) in [6.45, 7) is 1.92. The Labute approximate surface area is 152 Å². The van der Waals surface area contributed by atoms with E-state index in [1.165, 1.54) is 69.3 Å². The van der Waals surface area contributed by atoms with Crippen LogP contribution < -0.4 is 0 Å². The largest absolute Gasteiger partial charge is 0.481 e. The van der Waals surface area contributed by atoms with Crippen LogP contribution in [0.2, 0.25) is 0 Å². The van der Waals surface area contributed by atoms with Crippen molar-refractivity contribution in [1.29, 1.82) is 0 Å². The Morgan fingerprint density at radius 3 is 2.33 bits per heavy atom. The zero-order valence-corrected chi connectivity index (χ0v) is 16.0. The summed E-state index contributed by atoms with van der Waals surface area (Å²) in [6.07, 6.45) is 14.3. The van der Waals surface area contributed by atoms with Crippen molar-refractivity contribution in [3.05, 3.63) is 0 Å². The van der Waals surface area contributed by atoms with Gasteiger partial charge in [0.15, 0.2) is 0 Å². The number of unbranched alkanes of at least 4 members (excludes halogenated alkanes) is 3. The summed E-state index contributed by atoms with van der Waals surface area (Å²) in [5.74, 6) is 4.64.